The molecule has 6 heteroatoms. The van der Waals surface area contributed by atoms with Crippen molar-refractivity contribution in [1.82, 2.24) is 9.80 Å². The molecule has 2 aliphatic heterocycles. The lowest BCUT2D eigenvalue weighted by Crippen LogP contribution is -2.29. The van der Waals surface area contributed by atoms with E-state index >= 15 is 0 Å². The minimum Gasteiger partial charge on any atom is -0.338 e. The van der Waals surface area contributed by atoms with Crippen molar-refractivity contribution in [1.29, 1.82) is 0 Å². The second-order valence-corrected chi connectivity index (χ2v) is 7.65. The summed E-state index contributed by atoms with van der Waals surface area (Å²) in [6.45, 7) is 10.1. The van der Waals surface area contributed by atoms with Gasteiger partial charge >= 0.3 is 0 Å². The molecule has 0 unspecified atom stereocenters. The van der Waals surface area contributed by atoms with Crippen LogP contribution in [0.25, 0.3) is 0 Å². The Bertz CT molecular complexity index is 511. The predicted octanol–water partition coefficient (Wildman–Crippen LogP) is 4.14. The van der Waals surface area contributed by atoms with Crippen molar-refractivity contribution >= 4 is 46.0 Å². The molecule has 0 aliphatic carbocycles. The molecule has 20 heavy (non-hydrogen) atoms. The van der Waals surface area contributed by atoms with E-state index in [0.717, 1.165) is 35.9 Å². The first-order valence-electron chi connectivity index (χ1n) is 6.92. The number of amides is 1. The molecule has 0 saturated carbocycles. The van der Waals surface area contributed by atoms with E-state index in [-0.39, 0.29) is 5.91 Å². The molecule has 0 aromatic rings. The van der Waals surface area contributed by atoms with E-state index in [1.807, 2.05) is 0 Å². The monoisotopic (exact) mass is 328 g/mol. The third kappa shape index (κ3) is 2.78. The van der Waals surface area contributed by atoms with Crippen LogP contribution in [0.15, 0.2) is 20.5 Å². The zero-order valence-electron chi connectivity index (χ0n) is 12.4. The first-order chi connectivity index (χ1) is 9.51. The van der Waals surface area contributed by atoms with Gasteiger partial charge in [-0.2, -0.15) is 0 Å². The van der Waals surface area contributed by atoms with E-state index in [1.54, 1.807) is 16.7 Å². The number of thioether (sulfide) groups is 2. The Morgan fingerprint density at radius 1 is 1.15 bits per heavy atom. The van der Waals surface area contributed by atoms with Crippen molar-refractivity contribution < 1.29 is 4.79 Å². The number of unbranched alkanes of at least 4 members (excludes halogenated alkanes) is 1. The minimum absolute atomic E-state index is 0.0805. The van der Waals surface area contributed by atoms with E-state index in [9.17, 15) is 4.79 Å². The highest BCUT2D eigenvalue weighted by Crippen LogP contribution is 2.47. The Labute approximate surface area is 134 Å². The quantitative estimate of drug-likeness (QED) is 0.570. The highest BCUT2D eigenvalue weighted by molar-refractivity contribution is 8.27. The van der Waals surface area contributed by atoms with Gasteiger partial charge in [0.1, 0.15) is 9.23 Å². The third-order valence-electron chi connectivity index (χ3n) is 3.50. The number of nitrogens with zero attached hydrogens (tertiary/aromatic N) is 2. The Morgan fingerprint density at radius 2 is 1.85 bits per heavy atom. The molecule has 1 saturated heterocycles. The lowest BCUT2D eigenvalue weighted by atomic mass is 10.3. The molecule has 3 nitrogen and oxygen atoms in total. The van der Waals surface area contributed by atoms with Gasteiger partial charge in [-0.05, 0) is 27.2 Å². The molecule has 1 amide bonds. The summed E-state index contributed by atoms with van der Waals surface area (Å²) in [4.78, 5) is 18.6. The number of hydrogen-bond acceptors (Lipinski definition) is 5. The Hall–Kier alpha value is -0.460. The molecule has 2 heterocycles. The fraction of sp³-hybridized carbons (Fsp3) is 0.571. The first-order valence-corrected chi connectivity index (χ1v) is 8.96. The smallest absolute Gasteiger partial charge is 0.268 e. The normalized spacial score (nSPS) is 23.6. The summed E-state index contributed by atoms with van der Waals surface area (Å²) in [5.41, 5.74) is 1.24. The average Bonchev–Trinajstić information content (AvgIpc) is 2.86. The van der Waals surface area contributed by atoms with Crippen LogP contribution in [-0.4, -0.2) is 33.1 Å². The van der Waals surface area contributed by atoms with Crippen LogP contribution in [0, 0.1) is 0 Å². The highest BCUT2D eigenvalue weighted by Gasteiger charge is 2.37. The van der Waals surface area contributed by atoms with Gasteiger partial charge in [0, 0.05) is 23.7 Å². The summed E-state index contributed by atoms with van der Waals surface area (Å²) in [6.07, 6.45) is 2.06. The van der Waals surface area contributed by atoms with Crippen molar-refractivity contribution in [2.24, 2.45) is 0 Å². The van der Waals surface area contributed by atoms with Crippen molar-refractivity contribution in [3.63, 3.8) is 0 Å². The average molecular weight is 329 g/mol. The molecule has 2 rings (SSSR count). The number of hydrogen-bond donors (Lipinski definition) is 0. The molecular weight excluding hydrogens is 308 g/mol. The van der Waals surface area contributed by atoms with Gasteiger partial charge in [0.2, 0.25) is 0 Å². The molecule has 0 N–H and O–H groups in total. The van der Waals surface area contributed by atoms with Crippen LogP contribution in [0.4, 0.5) is 0 Å². The van der Waals surface area contributed by atoms with Crippen LogP contribution in [0.3, 0.4) is 0 Å². The fourth-order valence-corrected chi connectivity index (χ4v) is 4.83. The molecule has 0 spiro atoms. The van der Waals surface area contributed by atoms with Crippen molar-refractivity contribution in [3.8, 4) is 0 Å². The van der Waals surface area contributed by atoms with Gasteiger partial charge in [0.25, 0.3) is 5.91 Å². The molecule has 0 bridgehead atoms. The van der Waals surface area contributed by atoms with E-state index in [1.165, 1.54) is 22.4 Å². The summed E-state index contributed by atoms with van der Waals surface area (Å²) in [5, 5.41) is 1.05. The predicted molar refractivity (Wildman–Crippen MR) is 92.2 cm³/mol. The number of carbonyl (C=O) groups is 1. The van der Waals surface area contributed by atoms with Gasteiger partial charge in [0.15, 0.2) is 0 Å². The third-order valence-corrected chi connectivity index (χ3v) is 6.29. The molecule has 0 aromatic heterocycles. The Kier molecular flexibility index (Phi) is 5.20. The second kappa shape index (κ2) is 6.54. The first kappa shape index (κ1) is 15.9. The molecule has 0 atom stereocenters. The molecule has 0 aromatic carbocycles. The maximum Gasteiger partial charge on any atom is 0.268 e. The second-order valence-electron chi connectivity index (χ2n) is 4.80. The SMILES string of the molecule is CCCCN1C(=O)C(=C2SC(C)=C(C)N2CC)SC1=S. The summed E-state index contributed by atoms with van der Waals surface area (Å²) in [6, 6.07) is 0. The Balaban J connectivity index is 2.28. The van der Waals surface area contributed by atoms with Gasteiger partial charge in [0.05, 0.1) is 5.03 Å². The largest absolute Gasteiger partial charge is 0.338 e. The van der Waals surface area contributed by atoms with Crippen LogP contribution >= 0.6 is 35.7 Å². The van der Waals surface area contributed by atoms with Gasteiger partial charge in [-0.25, -0.2) is 0 Å². The summed E-state index contributed by atoms with van der Waals surface area (Å²) in [7, 11) is 0. The molecular formula is C14H20N2OS3. The van der Waals surface area contributed by atoms with Gasteiger partial charge in [-0.1, -0.05) is 49.1 Å². The van der Waals surface area contributed by atoms with Crippen LogP contribution in [0.5, 0.6) is 0 Å². The number of carbonyl (C=O) groups excluding carboxylic acids is 1. The molecule has 1 fully saturated rings. The van der Waals surface area contributed by atoms with Gasteiger partial charge in [-0.3, -0.25) is 9.69 Å². The minimum atomic E-state index is 0.0805. The molecule has 0 radical (unpaired) electrons. The zero-order chi connectivity index (χ0) is 14.9. The fourth-order valence-electron chi connectivity index (χ4n) is 2.20. The maximum absolute atomic E-state index is 12.6. The zero-order valence-corrected chi connectivity index (χ0v) is 14.8. The summed E-state index contributed by atoms with van der Waals surface area (Å²) >= 11 is 8.51. The lowest BCUT2D eigenvalue weighted by molar-refractivity contribution is -0.122. The van der Waals surface area contributed by atoms with Crippen molar-refractivity contribution in [3.05, 3.63) is 20.5 Å². The van der Waals surface area contributed by atoms with Gasteiger partial charge < -0.3 is 4.90 Å². The topological polar surface area (TPSA) is 23.6 Å². The van der Waals surface area contributed by atoms with Crippen molar-refractivity contribution in [2.75, 3.05) is 13.1 Å². The number of rotatable bonds is 4. The van der Waals surface area contributed by atoms with E-state index in [2.05, 4.69) is 32.6 Å². The van der Waals surface area contributed by atoms with Crippen LogP contribution in [-0.2, 0) is 4.79 Å². The van der Waals surface area contributed by atoms with Crippen LogP contribution < -0.4 is 0 Å². The highest BCUT2D eigenvalue weighted by atomic mass is 32.2. The van der Waals surface area contributed by atoms with E-state index < -0.39 is 0 Å². The van der Waals surface area contributed by atoms with Crippen LogP contribution in [0.1, 0.15) is 40.5 Å². The van der Waals surface area contributed by atoms with Gasteiger partial charge in [-0.15, -0.1) is 0 Å². The number of thiocarbonyl (C=S) groups is 1. The van der Waals surface area contributed by atoms with E-state index in [4.69, 9.17) is 12.2 Å². The summed E-state index contributed by atoms with van der Waals surface area (Å²) < 4.78 is 0.699. The standard InChI is InChI=1S/C14H20N2OS3/c1-5-7-8-16-12(17)11(20-14(16)18)13-15(6-2)9(3)10(4)19-13/h5-8H2,1-4H3. The molecule has 2 aliphatic rings. The van der Waals surface area contributed by atoms with Crippen LogP contribution in [0.2, 0.25) is 0 Å². The summed E-state index contributed by atoms with van der Waals surface area (Å²) in [5.74, 6) is 0.0805. The lowest BCUT2D eigenvalue weighted by Gasteiger charge is -2.20. The number of allylic oxidation sites excluding steroid dienone is 2. The van der Waals surface area contributed by atoms with Crippen molar-refractivity contribution in [2.45, 2.75) is 40.5 Å². The maximum atomic E-state index is 12.6. The molecule has 110 valence electrons. The Morgan fingerprint density at radius 3 is 2.45 bits per heavy atom. The van der Waals surface area contributed by atoms with E-state index in [0.29, 0.717) is 4.32 Å².